The van der Waals surface area contributed by atoms with E-state index in [1.807, 2.05) is 0 Å². The number of nitrogens with one attached hydrogen (secondary N) is 1. The van der Waals surface area contributed by atoms with Gasteiger partial charge in [0.2, 0.25) is 11.6 Å². The van der Waals surface area contributed by atoms with Gasteiger partial charge in [0, 0.05) is 16.4 Å². The first-order valence-electron chi connectivity index (χ1n) is 7.72. The molecule has 0 saturated heterocycles. The number of rotatable bonds is 5. The van der Waals surface area contributed by atoms with Crippen LogP contribution in [0.3, 0.4) is 0 Å². The maximum Gasteiger partial charge on any atom is 0.452 e. The summed E-state index contributed by atoms with van der Waals surface area (Å²) in [5.74, 6) is -1.97. The molecule has 11 heteroatoms. The van der Waals surface area contributed by atoms with Gasteiger partial charge in [-0.2, -0.15) is 13.2 Å². The number of alkyl halides is 3. The molecule has 0 atom stereocenters. The minimum absolute atomic E-state index is 0.0239. The molecule has 0 aliphatic heterocycles. The average molecular weight is 410 g/mol. The predicted molar refractivity (Wildman–Crippen MR) is 96.4 cm³/mol. The van der Waals surface area contributed by atoms with Crippen molar-refractivity contribution in [1.82, 2.24) is 14.8 Å². The number of halogens is 4. The molecule has 1 N–H and O–H groups in total. The Bertz CT molecular complexity index is 1020. The zero-order chi connectivity index (χ0) is 20.3. The van der Waals surface area contributed by atoms with Crippen molar-refractivity contribution in [2.45, 2.75) is 6.18 Å². The van der Waals surface area contributed by atoms with E-state index in [0.717, 1.165) is 6.20 Å². The van der Waals surface area contributed by atoms with E-state index in [-0.39, 0.29) is 5.69 Å². The van der Waals surface area contributed by atoms with Crippen LogP contribution in [0.2, 0.25) is 5.02 Å². The maximum absolute atomic E-state index is 13.4. The highest BCUT2D eigenvalue weighted by atomic mass is 35.5. The second kappa shape index (κ2) is 7.69. The highest BCUT2D eigenvalue weighted by Crippen LogP contribution is 2.32. The third-order valence-corrected chi connectivity index (χ3v) is 3.83. The van der Waals surface area contributed by atoms with Crippen molar-refractivity contribution in [3.63, 3.8) is 0 Å². The van der Waals surface area contributed by atoms with Gasteiger partial charge in [-0.25, -0.2) is 0 Å². The third-order valence-electron chi connectivity index (χ3n) is 3.58. The van der Waals surface area contributed by atoms with E-state index in [1.165, 1.54) is 24.3 Å². The zero-order valence-electron chi connectivity index (χ0n) is 13.9. The van der Waals surface area contributed by atoms with Crippen molar-refractivity contribution in [1.29, 1.82) is 0 Å². The Morgan fingerprint density at radius 3 is 2.32 bits per heavy atom. The lowest BCUT2D eigenvalue weighted by Crippen LogP contribution is -2.16. The molecule has 0 fully saturated rings. The van der Waals surface area contributed by atoms with Gasteiger partial charge in [-0.1, -0.05) is 29.8 Å². The number of benzene rings is 2. The van der Waals surface area contributed by atoms with Crippen molar-refractivity contribution >= 4 is 23.0 Å². The predicted octanol–water partition coefficient (Wildman–Crippen LogP) is 4.63. The SMILES string of the molecule is O=[N+]([O-])C(=CNc1ccccc1)c1nnc(C(F)(F)F)n1-c1ccc(Cl)cc1. The Kier molecular flexibility index (Phi) is 5.32. The van der Waals surface area contributed by atoms with Gasteiger partial charge in [-0.15, -0.1) is 10.2 Å². The summed E-state index contributed by atoms with van der Waals surface area (Å²) in [4.78, 5) is 10.7. The first-order valence-corrected chi connectivity index (χ1v) is 8.10. The molecule has 0 saturated carbocycles. The summed E-state index contributed by atoms with van der Waals surface area (Å²) in [6, 6.07) is 13.7. The van der Waals surface area contributed by atoms with Gasteiger partial charge in [0.15, 0.2) is 0 Å². The maximum atomic E-state index is 13.4. The van der Waals surface area contributed by atoms with E-state index in [0.29, 0.717) is 15.3 Å². The van der Waals surface area contributed by atoms with Gasteiger partial charge in [-0.05, 0) is 36.4 Å². The molecule has 1 aromatic heterocycles. The number of aromatic nitrogens is 3. The summed E-state index contributed by atoms with van der Waals surface area (Å²) >= 11 is 5.78. The van der Waals surface area contributed by atoms with Crippen LogP contribution in [0.5, 0.6) is 0 Å². The molecular formula is C17H11ClF3N5O2. The molecule has 28 heavy (non-hydrogen) atoms. The summed E-state index contributed by atoms with van der Waals surface area (Å²) in [7, 11) is 0. The van der Waals surface area contributed by atoms with Crippen LogP contribution in [-0.4, -0.2) is 19.7 Å². The fraction of sp³-hybridized carbons (Fsp3) is 0.0588. The van der Waals surface area contributed by atoms with E-state index in [2.05, 4.69) is 15.5 Å². The molecule has 2 aromatic carbocycles. The normalized spacial score (nSPS) is 12.1. The lowest BCUT2D eigenvalue weighted by molar-refractivity contribution is -0.376. The van der Waals surface area contributed by atoms with Crippen LogP contribution in [0, 0.1) is 10.1 Å². The Morgan fingerprint density at radius 1 is 1.11 bits per heavy atom. The summed E-state index contributed by atoms with van der Waals surface area (Å²) in [5.41, 5.74) is -0.207. The molecule has 0 aliphatic carbocycles. The Labute approximate surface area is 161 Å². The van der Waals surface area contributed by atoms with Crippen LogP contribution >= 0.6 is 11.6 Å². The third kappa shape index (κ3) is 4.12. The van der Waals surface area contributed by atoms with Crippen LogP contribution in [0.1, 0.15) is 11.6 Å². The van der Waals surface area contributed by atoms with Crippen molar-refractivity contribution < 1.29 is 18.1 Å². The number of nitrogens with zero attached hydrogens (tertiary/aromatic N) is 4. The number of hydrogen-bond acceptors (Lipinski definition) is 5. The molecule has 0 aliphatic rings. The Balaban J connectivity index is 2.14. The van der Waals surface area contributed by atoms with E-state index in [9.17, 15) is 23.3 Å². The van der Waals surface area contributed by atoms with E-state index >= 15 is 0 Å². The molecule has 3 rings (SSSR count). The van der Waals surface area contributed by atoms with Crippen LogP contribution in [0.4, 0.5) is 18.9 Å². The lowest BCUT2D eigenvalue weighted by atomic mass is 10.3. The van der Waals surface area contributed by atoms with Crippen molar-refractivity contribution in [2.24, 2.45) is 0 Å². The fourth-order valence-electron chi connectivity index (χ4n) is 2.35. The minimum Gasteiger partial charge on any atom is -0.356 e. The monoisotopic (exact) mass is 409 g/mol. The number of anilines is 1. The molecule has 7 nitrogen and oxygen atoms in total. The molecule has 0 spiro atoms. The van der Waals surface area contributed by atoms with Gasteiger partial charge in [0.1, 0.15) is 0 Å². The number of nitro groups is 1. The van der Waals surface area contributed by atoms with Crippen molar-refractivity contribution in [2.75, 3.05) is 5.32 Å². The van der Waals surface area contributed by atoms with Gasteiger partial charge >= 0.3 is 11.9 Å². The first-order chi connectivity index (χ1) is 13.3. The highest BCUT2D eigenvalue weighted by Gasteiger charge is 2.41. The van der Waals surface area contributed by atoms with Crippen molar-refractivity contribution in [3.05, 3.63) is 87.6 Å². The molecular weight excluding hydrogens is 399 g/mol. The highest BCUT2D eigenvalue weighted by molar-refractivity contribution is 6.30. The van der Waals surface area contributed by atoms with Crippen LogP contribution < -0.4 is 5.32 Å². The largest absolute Gasteiger partial charge is 0.452 e. The summed E-state index contributed by atoms with van der Waals surface area (Å²) in [6.45, 7) is 0. The van der Waals surface area contributed by atoms with E-state index in [4.69, 9.17) is 11.6 Å². The summed E-state index contributed by atoms with van der Waals surface area (Å²) < 4.78 is 40.7. The lowest BCUT2D eigenvalue weighted by Gasteiger charge is -2.11. The van der Waals surface area contributed by atoms with Crippen LogP contribution in [0.25, 0.3) is 11.4 Å². The van der Waals surface area contributed by atoms with Crippen LogP contribution in [0.15, 0.2) is 60.8 Å². The molecule has 0 amide bonds. The second-order valence-corrected chi connectivity index (χ2v) is 5.89. The minimum atomic E-state index is -4.88. The topological polar surface area (TPSA) is 85.9 Å². The molecule has 3 aromatic rings. The molecule has 1 heterocycles. The summed E-state index contributed by atoms with van der Waals surface area (Å²) in [6.07, 6.45) is -3.91. The van der Waals surface area contributed by atoms with E-state index < -0.39 is 28.4 Å². The quantitative estimate of drug-likeness (QED) is 0.490. The zero-order valence-corrected chi connectivity index (χ0v) is 14.6. The first kappa shape index (κ1) is 19.4. The Morgan fingerprint density at radius 2 is 1.75 bits per heavy atom. The van der Waals surface area contributed by atoms with Crippen molar-refractivity contribution in [3.8, 4) is 5.69 Å². The van der Waals surface area contributed by atoms with E-state index in [1.54, 1.807) is 30.3 Å². The average Bonchev–Trinajstić information content (AvgIpc) is 3.08. The smallest absolute Gasteiger partial charge is 0.356 e. The Hall–Kier alpha value is -3.40. The van der Waals surface area contributed by atoms with Gasteiger partial charge in [-0.3, -0.25) is 14.7 Å². The molecule has 0 radical (unpaired) electrons. The van der Waals surface area contributed by atoms with Gasteiger partial charge in [0.25, 0.3) is 0 Å². The second-order valence-electron chi connectivity index (χ2n) is 5.45. The number of hydrogen-bond donors (Lipinski definition) is 1. The molecule has 0 unspecified atom stereocenters. The van der Waals surface area contributed by atoms with Gasteiger partial charge in [0.05, 0.1) is 11.1 Å². The van der Waals surface area contributed by atoms with Gasteiger partial charge < -0.3 is 5.32 Å². The standard InChI is InChI=1S/C17H11ClF3N5O2/c18-11-6-8-13(9-7-11)25-15(23-24-16(25)17(19,20)21)14(26(27)28)10-22-12-4-2-1-3-5-12/h1-10,22H. The van der Waals surface area contributed by atoms with Crippen LogP contribution in [-0.2, 0) is 6.18 Å². The molecule has 0 bridgehead atoms. The number of para-hydroxylation sites is 1. The molecule has 144 valence electrons. The summed E-state index contributed by atoms with van der Waals surface area (Å²) in [5, 5.41) is 21.1. The fourth-order valence-corrected chi connectivity index (χ4v) is 2.48.